The Morgan fingerprint density at radius 2 is 1.63 bits per heavy atom. The summed E-state index contributed by atoms with van der Waals surface area (Å²) in [4.78, 5) is 45.1. The molecule has 11 heteroatoms. The molecule has 1 aliphatic rings. The minimum Gasteiger partial charge on any atom is -0.493 e. The Kier molecular flexibility index (Phi) is 12.7. The van der Waals surface area contributed by atoms with Crippen LogP contribution < -0.4 is 9.47 Å². The van der Waals surface area contributed by atoms with Gasteiger partial charge >= 0.3 is 17.9 Å². The quantitative estimate of drug-likeness (QED) is 0.0776. The van der Waals surface area contributed by atoms with Crippen molar-refractivity contribution >= 4 is 45.6 Å². The number of esters is 1. The SMILES string of the molecule is COC(=O)CCCOc1ccc(-c2sc3ccccc3c2Cc2ccc(OCCN3CCCC3)cc2)cc1C=O.O=C(O)C(=O)O. The maximum Gasteiger partial charge on any atom is 0.414 e. The smallest absolute Gasteiger partial charge is 0.414 e. The number of hydrogen-bond acceptors (Lipinski definition) is 9. The zero-order valence-electron chi connectivity index (χ0n) is 25.6. The van der Waals surface area contributed by atoms with Gasteiger partial charge in [-0.2, -0.15) is 0 Å². The minimum atomic E-state index is -1.82. The van der Waals surface area contributed by atoms with Gasteiger partial charge in [-0.05, 0) is 97.2 Å². The van der Waals surface area contributed by atoms with Crippen LogP contribution >= 0.6 is 11.3 Å². The summed E-state index contributed by atoms with van der Waals surface area (Å²) in [6, 6.07) is 22.6. The van der Waals surface area contributed by atoms with Crippen LogP contribution in [0.1, 0.15) is 47.2 Å². The van der Waals surface area contributed by atoms with Crippen molar-refractivity contribution in [2.24, 2.45) is 0 Å². The van der Waals surface area contributed by atoms with Gasteiger partial charge in [0, 0.05) is 22.5 Å². The van der Waals surface area contributed by atoms with Crippen LogP contribution in [0.3, 0.4) is 0 Å². The molecule has 1 aromatic heterocycles. The number of carboxylic acids is 2. The van der Waals surface area contributed by atoms with E-state index in [0.29, 0.717) is 30.9 Å². The van der Waals surface area contributed by atoms with E-state index in [4.69, 9.17) is 29.3 Å². The number of rotatable bonds is 13. The molecule has 0 atom stereocenters. The summed E-state index contributed by atoms with van der Waals surface area (Å²) in [6.07, 6.45) is 4.99. The Morgan fingerprint density at radius 1 is 0.913 bits per heavy atom. The molecule has 0 bridgehead atoms. The molecule has 242 valence electrons. The number of methoxy groups -OCH3 is 1. The van der Waals surface area contributed by atoms with E-state index in [-0.39, 0.29) is 12.4 Å². The maximum absolute atomic E-state index is 12.0. The Bertz CT molecular complexity index is 1630. The number of hydrogen-bond donors (Lipinski definition) is 2. The Labute approximate surface area is 271 Å². The number of benzene rings is 3. The number of likely N-dealkylation sites (tertiary alicyclic amines) is 1. The molecule has 3 aromatic carbocycles. The van der Waals surface area contributed by atoms with E-state index in [0.717, 1.165) is 35.4 Å². The molecule has 5 rings (SSSR count). The van der Waals surface area contributed by atoms with Crippen LogP contribution in [0.15, 0.2) is 66.7 Å². The van der Waals surface area contributed by atoms with Gasteiger partial charge in [-0.3, -0.25) is 14.5 Å². The lowest BCUT2D eigenvalue weighted by atomic mass is 9.98. The van der Waals surface area contributed by atoms with Gasteiger partial charge in [-0.25, -0.2) is 9.59 Å². The molecule has 0 radical (unpaired) electrons. The molecule has 1 fully saturated rings. The fourth-order valence-electron chi connectivity index (χ4n) is 5.13. The molecule has 1 aliphatic heterocycles. The molecule has 0 amide bonds. The largest absolute Gasteiger partial charge is 0.493 e. The van der Waals surface area contributed by atoms with Gasteiger partial charge in [0.05, 0.1) is 19.3 Å². The summed E-state index contributed by atoms with van der Waals surface area (Å²) in [5, 5.41) is 16.0. The number of ether oxygens (including phenoxy) is 3. The fourth-order valence-corrected chi connectivity index (χ4v) is 6.35. The van der Waals surface area contributed by atoms with Crippen molar-refractivity contribution in [3.8, 4) is 21.9 Å². The molecule has 10 nitrogen and oxygen atoms in total. The minimum absolute atomic E-state index is 0.272. The third-order valence-electron chi connectivity index (χ3n) is 7.47. The van der Waals surface area contributed by atoms with E-state index in [9.17, 15) is 9.59 Å². The molecule has 4 aromatic rings. The van der Waals surface area contributed by atoms with Crippen LogP contribution in [0.5, 0.6) is 11.5 Å². The van der Waals surface area contributed by atoms with Gasteiger partial charge in [-0.15, -0.1) is 11.3 Å². The number of nitrogens with zero attached hydrogens (tertiary/aromatic N) is 1. The first-order chi connectivity index (χ1) is 22.3. The van der Waals surface area contributed by atoms with Crippen LogP contribution in [0.2, 0.25) is 0 Å². The topological polar surface area (TPSA) is 140 Å². The molecule has 46 heavy (non-hydrogen) atoms. The lowest BCUT2D eigenvalue weighted by Crippen LogP contribution is -2.25. The van der Waals surface area contributed by atoms with E-state index in [1.807, 2.05) is 18.2 Å². The summed E-state index contributed by atoms with van der Waals surface area (Å²) in [5.41, 5.74) is 3.93. The highest BCUT2D eigenvalue weighted by molar-refractivity contribution is 7.22. The lowest BCUT2D eigenvalue weighted by molar-refractivity contribution is -0.159. The molecule has 0 unspecified atom stereocenters. The molecule has 2 N–H and O–H groups in total. The van der Waals surface area contributed by atoms with Crippen molar-refractivity contribution in [3.63, 3.8) is 0 Å². The van der Waals surface area contributed by atoms with Crippen molar-refractivity contribution in [2.45, 2.75) is 32.1 Å². The molecule has 0 aliphatic carbocycles. The molecular formula is C35H37NO9S. The first kappa shape index (κ1) is 34.1. The molecule has 2 heterocycles. The molecular weight excluding hydrogens is 610 g/mol. The van der Waals surface area contributed by atoms with E-state index in [1.54, 1.807) is 11.3 Å². The molecule has 1 saturated heterocycles. The van der Waals surface area contributed by atoms with Gasteiger partial charge in [0.15, 0.2) is 6.29 Å². The van der Waals surface area contributed by atoms with Crippen molar-refractivity contribution in [2.75, 3.05) is 40.0 Å². The number of aldehydes is 1. The first-order valence-electron chi connectivity index (χ1n) is 15.0. The predicted molar refractivity (Wildman–Crippen MR) is 175 cm³/mol. The number of fused-ring (bicyclic) bond motifs is 1. The number of carbonyl (C=O) groups excluding carboxylic acids is 2. The number of carbonyl (C=O) groups is 4. The second kappa shape index (κ2) is 17.1. The number of carboxylic acid groups (broad SMARTS) is 2. The van der Waals surface area contributed by atoms with Crippen molar-refractivity contribution in [1.29, 1.82) is 0 Å². The van der Waals surface area contributed by atoms with Gasteiger partial charge in [0.2, 0.25) is 0 Å². The monoisotopic (exact) mass is 647 g/mol. The van der Waals surface area contributed by atoms with E-state index < -0.39 is 11.9 Å². The summed E-state index contributed by atoms with van der Waals surface area (Å²) in [5.74, 6) is -2.50. The number of thiophene rings is 1. The predicted octanol–water partition coefficient (Wildman–Crippen LogP) is 5.93. The van der Waals surface area contributed by atoms with Crippen LogP contribution in [-0.4, -0.2) is 79.3 Å². The average molecular weight is 648 g/mol. The Balaban J connectivity index is 0.000000731. The summed E-state index contributed by atoms with van der Waals surface area (Å²) in [7, 11) is 1.37. The normalized spacial score (nSPS) is 12.6. The summed E-state index contributed by atoms with van der Waals surface area (Å²) >= 11 is 1.74. The third kappa shape index (κ3) is 9.63. The van der Waals surface area contributed by atoms with Gasteiger partial charge in [0.25, 0.3) is 0 Å². The second-order valence-corrected chi connectivity index (χ2v) is 11.7. The van der Waals surface area contributed by atoms with Crippen LogP contribution in [0.4, 0.5) is 0 Å². The summed E-state index contributed by atoms with van der Waals surface area (Å²) < 4.78 is 17.7. The highest BCUT2D eigenvalue weighted by Gasteiger charge is 2.17. The van der Waals surface area contributed by atoms with E-state index >= 15 is 0 Å². The van der Waals surface area contributed by atoms with Crippen LogP contribution in [-0.2, 0) is 25.5 Å². The molecule has 0 saturated carbocycles. The van der Waals surface area contributed by atoms with Gasteiger partial charge in [0.1, 0.15) is 18.1 Å². The lowest BCUT2D eigenvalue weighted by Gasteiger charge is -2.15. The second-order valence-electron chi connectivity index (χ2n) is 10.6. The van der Waals surface area contributed by atoms with Gasteiger partial charge in [-0.1, -0.05) is 30.3 Å². The standard InChI is InChI=1S/C33H35NO5S.C2H2O4/c1-37-32(36)9-6-19-39-30-15-12-25(22-26(30)23-35)33-29(28-7-2-3-8-31(28)40-33)21-24-10-13-27(14-11-24)38-20-18-34-16-4-5-17-34;3-1(4)2(5)6/h2-3,7-8,10-15,22-23H,4-6,9,16-21H2,1H3;(H,3,4)(H,5,6). The Morgan fingerprint density at radius 3 is 2.30 bits per heavy atom. The van der Waals surface area contributed by atoms with Gasteiger partial charge < -0.3 is 24.4 Å². The number of aliphatic carboxylic acids is 2. The van der Waals surface area contributed by atoms with Crippen molar-refractivity contribution in [3.05, 3.63) is 83.4 Å². The van der Waals surface area contributed by atoms with Crippen LogP contribution in [0.25, 0.3) is 20.5 Å². The van der Waals surface area contributed by atoms with E-state index in [2.05, 4.69) is 58.2 Å². The maximum atomic E-state index is 12.0. The first-order valence-corrected chi connectivity index (χ1v) is 15.8. The zero-order chi connectivity index (χ0) is 32.9. The van der Waals surface area contributed by atoms with Crippen molar-refractivity contribution < 1.29 is 43.6 Å². The fraction of sp³-hybridized carbons (Fsp3) is 0.314. The van der Waals surface area contributed by atoms with Crippen molar-refractivity contribution in [1.82, 2.24) is 4.90 Å². The summed E-state index contributed by atoms with van der Waals surface area (Å²) in [6.45, 7) is 4.39. The highest BCUT2D eigenvalue weighted by atomic mass is 32.1. The van der Waals surface area contributed by atoms with E-state index in [1.165, 1.54) is 54.3 Å². The zero-order valence-corrected chi connectivity index (χ0v) is 26.4. The van der Waals surface area contributed by atoms with Crippen LogP contribution in [0, 0.1) is 0 Å². The Hall–Kier alpha value is -4.74. The average Bonchev–Trinajstić information content (AvgIpc) is 3.72. The molecule has 0 spiro atoms. The highest BCUT2D eigenvalue weighted by Crippen LogP contribution is 2.41. The third-order valence-corrected chi connectivity index (χ3v) is 8.73.